The molecule has 0 saturated heterocycles. The third kappa shape index (κ3) is 2.77. The van der Waals surface area contributed by atoms with Gasteiger partial charge in [0, 0.05) is 23.9 Å². The number of hydrogen-bond acceptors (Lipinski definition) is 4. The third-order valence-corrected chi connectivity index (χ3v) is 3.55. The molecular formula is C11H20N2OS. The van der Waals surface area contributed by atoms with Crippen LogP contribution >= 0.6 is 11.3 Å². The molecule has 15 heavy (non-hydrogen) atoms. The van der Waals surface area contributed by atoms with Crippen LogP contribution in [0, 0.1) is 0 Å². The minimum absolute atomic E-state index is 0.0522. The Morgan fingerprint density at radius 3 is 2.40 bits per heavy atom. The highest BCUT2D eigenvalue weighted by molar-refractivity contribution is 7.11. The van der Waals surface area contributed by atoms with E-state index in [-0.39, 0.29) is 11.5 Å². The maximum Gasteiger partial charge on any atom is 0.122 e. The van der Waals surface area contributed by atoms with E-state index in [0.717, 1.165) is 10.7 Å². The van der Waals surface area contributed by atoms with Crippen LogP contribution in [0.15, 0.2) is 0 Å². The summed E-state index contributed by atoms with van der Waals surface area (Å²) in [7, 11) is 1.70. The molecule has 0 fully saturated rings. The Hall–Kier alpha value is -0.450. The van der Waals surface area contributed by atoms with Gasteiger partial charge in [0.15, 0.2) is 0 Å². The van der Waals surface area contributed by atoms with Gasteiger partial charge in [-0.25, -0.2) is 4.98 Å². The average molecular weight is 228 g/mol. The van der Waals surface area contributed by atoms with Gasteiger partial charge in [-0.1, -0.05) is 20.8 Å². The molecule has 0 aliphatic carbocycles. The molecular weight excluding hydrogens is 208 g/mol. The molecule has 1 aromatic rings. The first-order valence-electron chi connectivity index (χ1n) is 5.13. The molecule has 1 heterocycles. The number of thiazole rings is 1. The van der Waals surface area contributed by atoms with E-state index >= 15 is 0 Å². The molecule has 0 radical (unpaired) electrons. The molecule has 2 N–H and O–H groups in total. The van der Waals surface area contributed by atoms with Crippen molar-refractivity contribution in [2.45, 2.75) is 45.8 Å². The lowest BCUT2D eigenvalue weighted by molar-refractivity contribution is 0.119. The summed E-state index contributed by atoms with van der Waals surface area (Å²) >= 11 is 1.66. The summed E-state index contributed by atoms with van der Waals surface area (Å²) in [4.78, 5) is 5.80. The van der Waals surface area contributed by atoms with Crippen molar-refractivity contribution in [2.75, 3.05) is 7.11 Å². The van der Waals surface area contributed by atoms with Crippen LogP contribution in [0.4, 0.5) is 0 Å². The van der Waals surface area contributed by atoms with E-state index in [9.17, 15) is 0 Å². The van der Waals surface area contributed by atoms with E-state index in [1.807, 2.05) is 6.92 Å². The summed E-state index contributed by atoms with van der Waals surface area (Å²) in [6.07, 6.45) is 0.0522. The Balaban J connectivity index is 3.11. The summed E-state index contributed by atoms with van der Waals surface area (Å²) in [6, 6.07) is 0. The van der Waals surface area contributed by atoms with E-state index in [1.54, 1.807) is 18.4 Å². The number of ether oxygens (including phenoxy) is 1. The zero-order valence-corrected chi connectivity index (χ0v) is 10.9. The molecule has 3 nitrogen and oxygen atoms in total. The van der Waals surface area contributed by atoms with Gasteiger partial charge in [-0.15, -0.1) is 11.3 Å². The first-order valence-corrected chi connectivity index (χ1v) is 5.94. The molecule has 0 spiro atoms. The van der Waals surface area contributed by atoms with Crippen molar-refractivity contribution in [1.29, 1.82) is 0 Å². The van der Waals surface area contributed by atoms with Gasteiger partial charge >= 0.3 is 0 Å². The second-order valence-corrected chi connectivity index (χ2v) is 5.77. The number of nitrogens with zero attached hydrogens (tertiary/aromatic N) is 1. The smallest absolute Gasteiger partial charge is 0.122 e. The van der Waals surface area contributed by atoms with Crippen molar-refractivity contribution in [3.8, 4) is 0 Å². The minimum atomic E-state index is 0.0522. The SMILES string of the molecule is COC(C)c1nc(C(C)(C)C)c(CN)s1. The predicted molar refractivity (Wildman–Crippen MR) is 64.1 cm³/mol. The zero-order valence-electron chi connectivity index (χ0n) is 10.1. The quantitative estimate of drug-likeness (QED) is 0.865. The highest BCUT2D eigenvalue weighted by Crippen LogP contribution is 2.32. The summed E-state index contributed by atoms with van der Waals surface area (Å²) < 4.78 is 5.27. The number of rotatable bonds is 3. The molecule has 0 amide bonds. The van der Waals surface area contributed by atoms with Gasteiger partial charge in [0.05, 0.1) is 5.69 Å². The lowest BCUT2D eigenvalue weighted by Gasteiger charge is -2.17. The molecule has 4 heteroatoms. The minimum Gasteiger partial charge on any atom is -0.375 e. The van der Waals surface area contributed by atoms with Crippen LogP contribution in [-0.4, -0.2) is 12.1 Å². The molecule has 86 valence electrons. The molecule has 0 aromatic carbocycles. The van der Waals surface area contributed by atoms with Gasteiger partial charge in [0.2, 0.25) is 0 Å². The van der Waals surface area contributed by atoms with Crippen molar-refractivity contribution < 1.29 is 4.74 Å². The number of aromatic nitrogens is 1. The normalized spacial score (nSPS) is 14.3. The summed E-state index contributed by atoms with van der Waals surface area (Å²) in [5.74, 6) is 0. The first-order chi connectivity index (χ1) is 6.90. The first kappa shape index (κ1) is 12.6. The Morgan fingerprint density at radius 2 is 2.07 bits per heavy atom. The van der Waals surface area contributed by atoms with Gasteiger partial charge in [-0.2, -0.15) is 0 Å². The number of methoxy groups -OCH3 is 1. The van der Waals surface area contributed by atoms with Crippen LogP contribution < -0.4 is 5.73 Å². The van der Waals surface area contributed by atoms with E-state index in [4.69, 9.17) is 10.5 Å². The molecule has 0 aliphatic rings. The zero-order chi connectivity index (χ0) is 11.6. The van der Waals surface area contributed by atoms with E-state index in [2.05, 4.69) is 25.8 Å². The highest BCUT2D eigenvalue weighted by atomic mass is 32.1. The topological polar surface area (TPSA) is 48.1 Å². The Labute approximate surface area is 95.7 Å². The van der Waals surface area contributed by atoms with Gasteiger partial charge in [0.25, 0.3) is 0 Å². The van der Waals surface area contributed by atoms with E-state index < -0.39 is 0 Å². The van der Waals surface area contributed by atoms with Crippen LogP contribution in [0.25, 0.3) is 0 Å². The van der Waals surface area contributed by atoms with Crippen molar-refractivity contribution in [1.82, 2.24) is 4.98 Å². The lowest BCUT2D eigenvalue weighted by Crippen LogP contribution is -2.15. The molecule has 0 aliphatic heterocycles. The molecule has 1 aromatic heterocycles. The van der Waals surface area contributed by atoms with Crippen LogP contribution in [0.2, 0.25) is 0 Å². The molecule has 1 atom stereocenters. The van der Waals surface area contributed by atoms with Crippen LogP contribution in [0.5, 0.6) is 0 Å². The van der Waals surface area contributed by atoms with E-state index in [1.165, 1.54) is 4.88 Å². The fraction of sp³-hybridized carbons (Fsp3) is 0.727. The lowest BCUT2D eigenvalue weighted by atomic mass is 9.91. The maximum absolute atomic E-state index is 5.73. The molecule has 0 saturated carbocycles. The number of hydrogen-bond donors (Lipinski definition) is 1. The third-order valence-electron chi connectivity index (χ3n) is 2.31. The Kier molecular flexibility index (Phi) is 3.87. The molecule has 1 rings (SSSR count). The summed E-state index contributed by atoms with van der Waals surface area (Å²) in [6.45, 7) is 9.03. The van der Waals surface area contributed by atoms with Gasteiger partial charge in [0.1, 0.15) is 11.1 Å². The Bertz CT molecular complexity index is 328. The van der Waals surface area contributed by atoms with Crippen molar-refractivity contribution in [3.05, 3.63) is 15.6 Å². The second kappa shape index (κ2) is 4.60. The standard InChI is InChI=1S/C11H20N2OS/c1-7(14-5)10-13-9(11(2,3)4)8(6-12)15-10/h7H,6,12H2,1-5H3. The van der Waals surface area contributed by atoms with Gasteiger partial charge in [-0.05, 0) is 6.92 Å². The van der Waals surface area contributed by atoms with Crippen molar-refractivity contribution in [3.63, 3.8) is 0 Å². The van der Waals surface area contributed by atoms with Crippen molar-refractivity contribution in [2.24, 2.45) is 5.73 Å². The maximum atomic E-state index is 5.73. The van der Waals surface area contributed by atoms with Gasteiger partial charge < -0.3 is 10.5 Å². The Morgan fingerprint density at radius 1 is 1.47 bits per heavy atom. The molecule has 1 unspecified atom stereocenters. The molecule has 0 bridgehead atoms. The monoisotopic (exact) mass is 228 g/mol. The number of nitrogens with two attached hydrogens (primary N) is 1. The van der Waals surface area contributed by atoms with Crippen molar-refractivity contribution >= 4 is 11.3 Å². The predicted octanol–water partition coefficient (Wildman–Crippen LogP) is 2.61. The fourth-order valence-electron chi connectivity index (χ4n) is 1.37. The van der Waals surface area contributed by atoms with Crippen LogP contribution in [-0.2, 0) is 16.7 Å². The van der Waals surface area contributed by atoms with E-state index in [0.29, 0.717) is 6.54 Å². The largest absolute Gasteiger partial charge is 0.375 e. The van der Waals surface area contributed by atoms with Gasteiger partial charge in [-0.3, -0.25) is 0 Å². The fourth-order valence-corrected chi connectivity index (χ4v) is 2.55. The highest BCUT2D eigenvalue weighted by Gasteiger charge is 2.23. The second-order valence-electron chi connectivity index (χ2n) is 4.66. The average Bonchev–Trinajstić information content (AvgIpc) is 2.59. The summed E-state index contributed by atoms with van der Waals surface area (Å²) in [5, 5.41) is 1.02. The van der Waals surface area contributed by atoms with Crippen LogP contribution in [0.1, 0.15) is 49.4 Å². The van der Waals surface area contributed by atoms with Crippen LogP contribution in [0.3, 0.4) is 0 Å². The summed E-state index contributed by atoms with van der Waals surface area (Å²) in [5.41, 5.74) is 6.89.